The van der Waals surface area contributed by atoms with E-state index in [0.717, 1.165) is 48.7 Å². The molecule has 0 unspecified atom stereocenters. The van der Waals surface area contributed by atoms with Gasteiger partial charge in [-0.25, -0.2) is 0 Å². The standard InChI is InChI=1S/C46H38N4.2BrH/c1-3-11-39(12-4-1)47-43-29-31-49(45-17-9-7-15-41(43)45)33-37-25-21-35(22-26-37)19-20-36-23-27-38(28-24-36)34-50-32-30-44(42-16-8-10-18-46(42)50)48-40-13-5-2-6-14-40;;/h1-18,21-32H,19-20,33-34H2;2*1H. The minimum absolute atomic E-state index is 0. The molecule has 6 aromatic carbocycles. The predicted octanol–water partition coefficient (Wildman–Crippen LogP) is 3.95. The fourth-order valence-electron chi connectivity index (χ4n) is 6.73. The van der Waals surface area contributed by atoms with Crippen LogP contribution in [0.5, 0.6) is 0 Å². The van der Waals surface area contributed by atoms with Gasteiger partial charge in [-0.15, -0.1) is 0 Å². The molecule has 0 atom stereocenters. The first-order valence-electron chi connectivity index (χ1n) is 17.4. The Balaban J connectivity index is 0.00000232. The Kier molecular flexibility index (Phi) is 12.1. The number of hydrogen-bond donors (Lipinski definition) is 2. The molecule has 2 N–H and O–H groups in total. The van der Waals surface area contributed by atoms with Crippen LogP contribution >= 0.6 is 0 Å². The van der Waals surface area contributed by atoms with Crippen LogP contribution in [0.25, 0.3) is 21.8 Å². The van der Waals surface area contributed by atoms with Gasteiger partial charge in [-0.3, -0.25) is 0 Å². The lowest BCUT2D eigenvalue weighted by Gasteiger charge is -2.10. The van der Waals surface area contributed by atoms with Gasteiger partial charge in [0.15, 0.2) is 25.5 Å². The van der Waals surface area contributed by atoms with Gasteiger partial charge in [-0.1, -0.05) is 109 Å². The maximum absolute atomic E-state index is 3.59. The van der Waals surface area contributed by atoms with Gasteiger partial charge in [0.25, 0.3) is 0 Å². The van der Waals surface area contributed by atoms with Crippen molar-refractivity contribution in [2.45, 2.75) is 25.9 Å². The summed E-state index contributed by atoms with van der Waals surface area (Å²) in [5, 5.41) is 9.59. The van der Waals surface area contributed by atoms with E-state index < -0.39 is 0 Å². The first-order chi connectivity index (χ1) is 24.7. The van der Waals surface area contributed by atoms with Crippen LogP contribution in [0, 0.1) is 0 Å². The highest BCUT2D eigenvalue weighted by Gasteiger charge is 2.15. The Morgan fingerprint density at radius 2 is 0.692 bits per heavy atom. The molecule has 4 nitrogen and oxygen atoms in total. The van der Waals surface area contributed by atoms with Crippen LogP contribution in [0.1, 0.15) is 22.3 Å². The van der Waals surface area contributed by atoms with Gasteiger partial charge in [-0.2, -0.15) is 9.13 Å². The van der Waals surface area contributed by atoms with Gasteiger partial charge in [0, 0.05) is 46.8 Å². The van der Waals surface area contributed by atoms with Crippen molar-refractivity contribution in [2.75, 3.05) is 10.6 Å². The molecule has 258 valence electrons. The normalized spacial score (nSPS) is 10.7. The highest BCUT2D eigenvalue weighted by molar-refractivity contribution is 5.91. The fraction of sp³-hybridized carbons (Fsp3) is 0.0870. The molecule has 0 saturated carbocycles. The molecular weight excluding hydrogens is 768 g/mol. The molecule has 0 fully saturated rings. The van der Waals surface area contributed by atoms with E-state index >= 15 is 0 Å². The summed E-state index contributed by atoms with van der Waals surface area (Å²) in [6.45, 7) is 1.65. The molecule has 0 aliphatic carbocycles. The molecule has 0 spiro atoms. The van der Waals surface area contributed by atoms with Crippen LogP contribution in [0.4, 0.5) is 22.7 Å². The summed E-state index contributed by atoms with van der Waals surface area (Å²) in [7, 11) is 0. The molecule has 8 rings (SSSR count). The van der Waals surface area contributed by atoms with Crippen molar-refractivity contribution in [3.63, 3.8) is 0 Å². The van der Waals surface area contributed by atoms with E-state index in [1.54, 1.807) is 0 Å². The molecule has 0 radical (unpaired) electrons. The van der Waals surface area contributed by atoms with Crippen LogP contribution in [-0.4, -0.2) is 0 Å². The third kappa shape index (κ3) is 8.59. The molecule has 2 aromatic heterocycles. The second-order valence-electron chi connectivity index (χ2n) is 12.9. The number of rotatable bonds is 11. The zero-order chi connectivity index (χ0) is 33.5. The minimum Gasteiger partial charge on any atom is -1.00 e. The number of halogens is 2. The summed E-state index contributed by atoms with van der Waals surface area (Å²) in [4.78, 5) is 0. The number of nitrogens with one attached hydrogen (secondary N) is 2. The zero-order valence-corrected chi connectivity index (χ0v) is 32.0. The van der Waals surface area contributed by atoms with Gasteiger partial charge in [0.05, 0.1) is 22.1 Å². The zero-order valence-electron chi connectivity index (χ0n) is 28.8. The van der Waals surface area contributed by atoms with E-state index in [-0.39, 0.29) is 34.0 Å². The molecular formula is C46H40Br2N4. The summed E-state index contributed by atoms with van der Waals surface area (Å²) in [5.41, 5.74) is 12.2. The number of fused-ring (bicyclic) bond motifs is 2. The smallest absolute Gasteiger partial charge is 0.214 e. The third-order valence-electron chi connectivity index (χ3n) is 9.41. The van der Waals surface area contributed by atoms with Crippen molar-refractivity contribution < 1.29 is 43.1 Å². The highest BCUT2D eigenvalue weighted by atomic mass is 79.9. The first kappa shape index (κ1) is 36.5. The second-order valence-corrected chi connectivity index (χ2v) is 12.9. The average Bonchev–Trinajstić information content (AvgIpc) is 3.18. The molecule has 0 aliphatic rings. The van der Waals surface area contributed by atoms with Crippen molar-refractivity contribution in [2.24, 2.45) is 0 Å². The van der Waals surface area contributed by atoms with Crippen molar-refractivity contribution >= 4 is 44.6 Å². The number of pyridine rings is 2. The maximum Gasteiger partial charge on any atom is 0.214 e. The maximum atomic E-state index is 3.59. The lowest BCUT2D eigenvalue weighted by molar-refractivity contribution is -0.662. The van der Waals surface area contributed by atoms with E-state index in [1.807, 2.05) is 12.1 Å². The van der Waals surface area contributed by atoms with E-state index in [0.29, 0.717) is 0 Å². The Morgan fingerprint density at radius 3 is 1.10 bits per heavy atom. The van der Waals surface area contributed by atoms with Crippen LogP contribution in [0.3, 0.4) is 0 Å². The Bertz CT molecular complexity index is 2190. The van der Waals surface area contributed by atoms with Crippen LogP contribution < -0.4 is 53.7 Å². The Labute approximate surface area is 327 Å². The number of anilines is 4. The largest absolute Gasteiger partial charge is 1.00 e. The molecule has 52 heavy (non-hydrogen) atoms. The first-order valence-corrected chi connectivity index (χ1v) is 17.4. The lowest BCUT2D eigenvalue weighted by Crippen LogP contribution is -3.00. The second kappa shape index (κ2) is 17.3. The van der Waals surface area contributed by atoms with E-state index in [1.165, 1.54) is 44.1 Å². The van der Waals surface area contributed by atoms with Crippen LogP contribution in [-0.2, 0) is 25.9 Å². The van der Waals surface area contributed by atoms with Gasteiger partial charge in [0.1, 0.15) is 0 Å². The number of para-hydroxylation sites is 4. The molecule has 0 aliphatic heterocycles. The predicted molar refractivity (Wildman–Crippen MR) is 206 cm³/mol. The summed E-state index contributed by atoms with van der Waals surface area (Å²) in [6.07, 6.45) is 6.41. The van der Waals surface area contributed by atoms with Gasteiger partial charge in [-0.05, 0) is 60.4 Å². The highest BCUT2D eigenvalue weighted by Crippen LogP contribution is 2.26. The topological polar surface area (TPSA) is 31.8 Å². The molecule has 6 heteroatoms. The molecule has 2 heterocycles. The number of aromatic nitrogens is 2. The van der Waals surface area contributed by atoms with Crippen molar-refractivity contribution in [1.29, 1.82) is 0 Å². The Hall–Kier alpha value is -5.30. The summed E-state index contributed by atoms with van der Waals surface area (Å²) >= 11 is 0. The fourth-order valence-corrected chi connectivity index (χ4v) is 6.73. The number of benzene rings is 6. The lowest BCUT2D eigenvalue weighted by atomic mass is 10.0. The quantitative estimate of drug-likeness (QED) is 0.194. The van der Waals surface area contributed by atoms with Crippen molar-refractivity contribution in [3.05, 3.63) is 205 Å². The molecule has 0 amide bonds. The van der Waals surface area contributed by atoms with E-state index in [4.69, 9.17) is 0 Å². The van der Waals surface area contributed by atoms with E-state index in [2.05, 4.69) is 190 Å². The summed E-state index contributed by atoms with van der Waals surface area (Å²) < 4.78 is 4.66. The minimum atomic E-state index is 0. The van der Waals surface area contributed by atoms with Crippen molar-refractivity contribution in [3.8, 4) is 0 Å². The number of aryl methyl sites for hydroxylation is 2. The molecule has 0 saturated heterocycles. The average molecular weight is 809 g/mol. The van der Waals surface area contributed by atoms with Gasteiger partial charge in [0.2, 0.25) is 11.0 Å². The summed E-state index contributed by atoms with van der Waals surface area (Å²) in [5.74, 6) is 0. The van der Waals surface area contributed by atoms with E-state index in [9.17, 15) is 0 Å². The van der Waals surface area contributed by atoms with Gasteiger partial charge < -0.3 is 44.6 Å². The SMILES string of the molecule is [Br-].[Br-].c1ccc(Nc2cc[n+](Cc3ccc(CCc4ccc(C[n+]5ccc(Nc6ccccc6)c6ccccc65)cc4)cc3)c3ccccc23)cc1. The molecule has 0 bridgehead atoms. The summed E-state index contributed by atoms with van der Waals surface area (Å²) in [6, 6.07) is 60.5. The third-order valence-corrected chi connectivity index (χ3v) is 9.41. The van der Waals surface area contributed by atoms with Crippen molar-refractivity contribution in [1.82, 2.24) is 0 Å². The monoisotopic (exact) mass is 806 g/mol. The number of nitrogens with zero attached hydrogens (tertiary/aromatic N) is 2. The van der Waals surface area contributed by atoms with Gasteiger partial charge >= 0.3 is 0 Å². The molecule has 8 aromatic rings. The number of hydrogen-bond acceptors (Lipinski definition) is 2. The van der Waals surface area contributed by atoms with Crippen LogP contribution in [0.2, 0.25) is 0 Å². The Morgan fingerprint density at radius 1 is 0.346 bits per heavy atom. The van der Waals surface area contributed by atoms with Crippen LogP contribution in [0.15, 0.2) is 182 Å².